The molecule has 20 heavy (non-hydrogen) atoms. The summed E-state index contributed by atoms with van der Waals surface area (Å²) < 4.78 is 6.34. The lowest BCUT2D eigenvalue weighted by molar-refractivity contribution is -0.683. The fourth-order valence-corrected chi connectivity index (χ4v) is 1.70. The molecule has 0 spiro atoms. The number of hydrogen-bond donors (Lipinski definition) is 0. The second kappa shape index (κ2) is 7.55. The number of carbonyl (C=O) groups excluding carboxylic acids is 2. The smallest absolute Gasteiger partial charge is 0.338 e. The zero-order valence-electron chi connectivity index (χ0n) is 11.0. The van der Waals surface area contributed by atoms with E-state index in [-0.39, 0.29) is 35.3 Å². The van der Waals surface area contributed by atoms with E-state index in [1.54, 1.807) is 41.2 Å². The SMILES string of the molecule is COC(=O)c1cc[n+](CC(=O)c2ccccc2)cc1.[Br-]. The molecule has 0 aliphatic carbocycles. The van der Waals surface area contributed by atoms with Crippen molar-refractivity contribution in [3.05, 3.63) is 66.0 Å². The number of hydrogen-bond acceptors (Lipinski definition) is 3. The Morgan fingerprint density at radius 3 is 2.15 bits per heavy atom. The first-order valence-electron chi connectivity index (χ1n) is 5.86. The Labute approximate surface area is 127 Å². The van der Waals surface area contributed by atoms with Crippen LogP contribution in [0.15, 0.2) is 54.9 Å². The number of esters is 1. The minimum atomic E-state index is -0.387. The van der Waals surface area contributed by atoms with Crippen LogP contribution in [0.1, 0.15) is 20.7 Å². The number of benzene rings is 1. The van der Waals surface area contributed by atoms with E-state index in [1.165, 1.54) is 7.11 Å². The topological polar surface area (TPSA) is 47.2 Å². The molecule has 4 nitrogen and oxygen atoms in total. The maximum absolute atomic E-state index is 12.0. The Bertz CT molecular complexity index is 582. The van der Waals surface area contributed by atoms with E-state index >= 15 is 0 Å². The van der Waals surface area contributed by atoms with Gasteiger partial charge >= 0.3 is 5.97 Å². The molecule has 0 N–H and O–H groups in total. The summed E-state index contributed by atoms with van der Waals surface area (Å²) in [4.78, 5) is 23.2. The van der Waals surface area contributed by atoms with Gasteiger partial charge in [0.1, 0.15) is 0 Å². The fourth-order valence-electron chi connectivity index (χ4n) is 1.70. The Hall–Kier alpha value is -2.01. The van der Waals surface area contributed by atoms with E-state index < -0.39 is 0 Å². The van der Waals surface area contributed by atoms with Crippen LogP contribution in [0, 0.1) is 0 Å². The molecule has 0 saturated heterocycles. The van der Waals surface area contributed by atoms with E-state index in [2.05, 4.69) is 4.74 Å². The summed E-state index contributed by atoms with van der Waals surface area (Å²) in [6, 6.07) is 12.4. The Balaban J connectivity index is 0.00000200. The monoisotopic (exact) mass is 335 g/mol. The summed E-state index contributed by atoms with van der Waals surface area (Å²) in [6.07, 6.45) is 3.38. The highest BCUT2D eigenvalue weighted by atomic mass is 79.9. The van der Waals surface area contributed by atoms with Crippen LogP contribution >= 0.6 is 0 Å². The minimum Gasteiger partial charge on any atom is -1.00 e. The predicted octanol–water partition coefficient (Wildman–Crippen LogP) is -1.35. The van der Waals surface area contributed by atoms with Crippen molar-refractivity contribution >= 4 is 11.8 Å². The van der Waals surface area contributed by atoms with Gasteiger partial charge in [0.05, 0.1) is 12.7 Å². The maximum Gasteiger partial charge on any atom is 0.338 e. The standard InChI is InChI=1S/C15H14NO3.BrH/c1-19-15(18)13-7-9-16(10-8-13)11-14(17)12-5-3-2-4-6-12;/h2-10H,11H2,1H3;1H/q+1;/p-1. The number of pyridine rings is 1. The molecule has 0 unspecified atom stereocenters. The van der Waals surface area contributed by atoms with Crippen molar-refractivity contribution in [2.75, 3.05) is 7.11 Å². The molecule has 0 bridgehead atoms. The lowest BCUT2D eigenvalue weighted by Crippen LogP contribution is -3.00. The van der Waals surface area contributed by atoms with Gasteiger partial charge in [-0.15, -0.1) is 0 Å². The number of rotatable bonds is 4. The molecule has 0 aliphatic rings. The summed E-state index contributed by atoms with van der Waals surface area (Å²) in [5, 5.41) is 0. The van der Waals surface area contributed by atoms with Crippen molar-refractivity contribution in [1.82, 2.24) is 0 Å². The van der Waals surface area contributed by atoms with E-state index in [0.717, 1.165) is 0 Å². The largest absolute Gasteiger partial charge is 1.00 e. The Morgan fingerprint density at radius 1 is 1.00 bits per heavy atom. The minimum absolute atomic E-state index is 0. The lowest BCUT2D eigenvalue weighted by Gasteiger charge is -1.99. The summed E-state index contributed by atoms with van der Waals surface area (Å²) in [7, 11) is 1.34. The average molecular weight is 336 g/mol. The molecule has 1 aromatic heterocycles. The summed E-state index contributed by atoms with van der Waals surface area (Å²) >= 11 is 0. The molecule has 0 atom stereocenters. The second-order valence-corrected chi connectivity index (χ2v) is 4.04. The first-order valence-corrected chi connectivity index (χ1v) is 5.86. The normalized spacial score (nSPS) is 9.45. The molecule has 0 saturated carbocycles. The molecule has 2 aromatic rings. The highest BCUT2D eigenvalue weighted by molar-refractivity contribution is 5.95. The van der Waals surface area contributed by atoms with Gasteiger partial charge in [-0.3, -0.25) is 4.79 Å². The van der Waals surface area contributed by atoms with Gasteiger partial charge in [-0.25, -0.2) is 4.79 Å². The number of ketones is 1. The zero-order chi connectivity index (χ0) is 13.7. The average Bonchev–Trinajstić information content (AvgIpc) is 2.48. The molecule has 1 aromatic carbocycles. The second-order valence-electron chi connectivity index (χ2n) is 4.04. The fraction of sp³-hybridized carbons (Fsp3) is 0.133. The molecule has 0 aliphatic heterocycles. The number of halogens is 1. The van der Waals surface area contributed by atoms with Crippen LogP contribution in [0.4, 0.5) is 0 Å². The van der Waals surface area contributed by atoms with Crippen LogP contribution in [-0.2, 0) is 11.3 Å². The quantitative estimate of drug-likeness (QED) is 0.394. The van der Waals surface area contributed by atoms with Gasteiger partial charge in [-0.2, -0.15) is 4.57 Å². The summed E-state index contributed by atoms with van der Waals surface area (Å²) in [5.74, 6) is -0.363. The highest BCUT2D eigenvalue weighted by Gasteiger charge is 2.13. The van der Waals surface area contributed by atoms with Gasteiger partial charge in [0.15, 0.2) is 12.4 Å². The van der Waals surface area contributed by atoms with E-state index in [4.69, 9.17) is 0 Å². The van der Waals surface area contributed by atoms with E-state index in [1.807, 2.05) is 18.2 Å². The van der Waals surface area contributed by atoms with E-state index in [0.29, 0.717) is 11.1 Å². The van der Waals surface area contributed by atoms with Gasteiger partial charge in [-0.05, 0) is 0 Å². The number of aromatic nitrogens is 1. The lowest BCUT2D eigenvalue weighted by atomic mass is 10.1. The molecular weight excluding hydrogens is 322 g/mol. The Kier molecular flexibility index (Phi) is 6.06. The molecule has 104 valence electrons. The third kappa shape index (κ3) is 3.99. The zero-order valence-corrected chi connectivity index (χ0v) is 12.5. The number of carbonyl (C=O) groups is 2. The van der Waals surface area contributed by atoms with Gasteiger partial charge in [0.2, 0.25) is 12.3 Å². The van der Waals surface area contributed by atoms with Crippen LogP contribution in [0.2, 0.25) is 0 Å². The van der Waals surface area contributed by atoms with Crippen molar-refractivity contribution in [3.63, 3.8) is 0 Å². The van der Waals surface area contributed by atoms with Crippen molar-refractivity contribution < 1.29 is 35.9 Å². The first-order chi connectivity index (χ1) is 9.20. The van der Waals surface area contributed by atoms with E-state index in [9.17, 15) is 9.59 Å². The van der Waals surface area contributed by atoms with Gasteiger partial charge < -0.3 is 21.7 Å². The molecule has 2 rings (SSSR count). The summed E-state index contributed by atoms with van der Waals surface area (Å²) in [6.45, 7) is 0.242. The molecule has 5 heteroatoms. The molecule has 0 radical (unpaired) electrons. The van der Waals surface area contributed by atoms with Crippen molar-refractivity contribution in [1.29, 1.82) is 0 Å². The van der Waals surface area contributed by atoms with Gasteiger partial charge in [-0.1, -0.05) is 30.3 Å². The number of nitrogens with zero attached hydrogens (tertiary/aromatic N) is 1. The van der Waals surface area contributed by atoms with Crippen molar-refractivity contribution in [2.24, 2.45) is 0 Å². The summed E-state index contributed by atoms with van der Waals surface area (Å²) in [5.41, 5.74) is 1.14. The molecule has 0 fully saturated rings. The maximum atomic E-state index is 12.0. The molecular formula is C15H14BrNO3. The van der Waals surface area contributed by atoms with Crippen molar-refractivity contribution in [2.45, 2.75) is 6.54 Å². The predicted molar refractivity (Wildman–Crippen MR) is 68.7 cm³/mol. The molecule has 1 heterocycles. The number of ether oxygens (including phenoxy) is 1. The van der Waals surface area contributed by atoms with Crippen LogP contribution in [0.25, 0.3) is 0 Å². The highest BCUT2D eigenvalue weighted by Crippen LogP contribution is 2.01. The molecule has 0 amide bonds. The number of methoxy groups -OCH3 is 1. The third-order valence-electron chi connectivity index (χ3n) is 2.73. The van der Waals surface area contributed by atoms with Crippen LogP contribution < -0.4 is 21.5 Å². The number of Topliss-reactive ketones (excluding diaryl/α,β-unsaturated/α-hetero) is 1. The van der Waals surface area contributed by atoms with Crippen LogP contribution in [0.5, 0.6) is 0 Å². The first kappa shape index (κ1) is 16.0. The van der Waals surface area contributed by atoms with Crippen LogP contribution in [-0.4, -0.2) is 18.9 Å². The Morgan fingerprint density at radius 2 is 1.60 bits per heavy atom. The van der Waals surface area contributed by atoms with Crippen LogP contribution in [0.3, 0.4) is 0 Å². The van der Waals surface area contributed by atoms with Gasteiger partial charge in [0.25, 0.3) is 0 Å². The third-order valence-corrected chi connectivity index (χ3v) is 2.73. The van der Waals surface area contributed by atoms with Crippen molar-refractivity contribution in [3.8, 4) is 0 Å². The van der Waals surface area contributed by atoms with Gasteiger partial charge in [0, 0.05) is 17.7 Å².